The van der Waals surface area contributed by atoms with Gasteiger partial charge >= 0.3 is 0 Å². The van der Waals surface area contributed by atoms with Crippen LogP contribution in [0.1, 0.15) is 18.2 Å². The minimum Gasteiger partial charge on any atom is -0.396 e. The molecule has 1 unspecified atom stereocenters. The molecule has 0 radical (unpaired) electrons. The minimum absolute atomic E-state index is 0.213. The molecule has 0 fully saturated rings. The van der Waals surface area contributed by atoms with Crippen molar-refractivity contribution >= 4 is 0 Å². The maximum absolute atomic E-state index is 8.71. The molecule has 1 atom stereocenters. The van der Waals surface area contributed by atoms with E-state index in [0.717, 1.165) is 12.1 Å². The zero-order valence-corrected chi connectivity index (χ0v) is 6.67. The Morgan fingerprint density at radius 2 is 2.55 bits per heavy atom. The van der Waals surface area contributed by atoms with Crippen LogP contribution in [-0.4, -0.2) is 23.7 Å². The largest absolute Gasteiger partial charge is 0.396 e. The SMILES string of the molecule is CNC(CCO)c1ccc[nH]1. The summed E-state index contributed by atoms with van der Waals surface area (Å²) in [4.78, 5) is 3.10. The average molecular weight is 154 g/mol. The quantitative estimate of drug-likeness (QED) is 0.596. The second kappa shape index (κ2) is 4.16. The number of nitrogens with one attached hydrogen (secondary N) is 2. The number of aliphatic hydroxyl groups excluding tert-OH is 1. The van der Waals surface area contributed by atoms with E-state index in [0.29, 0.717) is 0 Å². The summed E-state index contributed by atoms with van der Waals surface area (Å²) in [5.41, 5.74) is 1.13. The summed E-state index contributed by atoms with van der Waals surface area (Å²) in [6, 6.07) is 4.21. The Bertz CT molecular complexity index is 184. The first-order valence-corrected chi connectivity index (χ1v) is 3.80. The average Bonchev–Trinajstić information content (AvgIpc) is 2.52. The Hall–Kier alpha value is -0.800. The molecular formula is C8H14N2O. The highest BCUT2D eigenvalue weighted by atomic mass is 16.3. The monoisotopic (exact) mass is 154 g/mol. The van der Waals surface area contributed by atoms with E-state index >= 15 is 0 Å². The van der Waals surface area contributed by atoms with Crippen molar-refractivity contribution in [2.45, 2.75) is 12.5 Å². The van der Waals surface area contributed by atoms with Crippen LogP contribution in [-0.2, 0) is 0 Å². The van der Waals surface area contributed by atoms with Crippen molar-refractivity contribution in [2.24, 2.45) is 0 Å². The van der Waals surface area contributed by atoms with E-state index in [1.54, 1.807) is 0 Å². The molecule has 3 N–H and O–H groups in total. The number of H-pyrrole nitrogens is 1. The minimum atomic E-state index is 0.213. The van der Waals surface area contributed by atoms with Gasteiger partial charge in [0.2, 0.25) is 0 Å². The van der Waals surface area contributed by atoms with Gasteiger partial charge in [-0.2, -0.15) is 0 Å². The molecule has 0 aliphatic carbocycles. The lowest BCUT2D eigenvalue weighted by Gasteiger charge is -2.12. The predicted octanol–water partition coefficient (Wildman–Crippen LogP) is 0.658. The van der Waals surface area contributed by atoms with Gasteiger partial charge in [-0.3, -0.25) is 0 Å². The summed E-state index contributed by atoms with van der Waals surface area (Å²) in [5, 5.41) is 11.8. The zero-order valence-electron chi connectivity index (χ0n) is 6.67. The van der Waals surface area contributed by atoms with Gasteiger partial charge in [-0.15, -0.1) is 0 Å². The topological polar surface area (TPSA) is 48.0 Å². The van der Waals surface area contributed by atoms with Gasteiger partial charge in [-0.25, -0.2) is 0 Å². The number of rotatable bonds is 4. The molecule has 11 heavy (non-hydrogen) atoms. The molecule has 0 amide bonds. The number of hydrogen-bond acceptors (Lipinski definition) is 2. The molecule has 1 aromatic rings. The Morgan fingerprint density at radius 3 is 3.00 bits per heavy atom. The van der Waals surface area contributed by atoms with Gasteiger partial charge in [0.15, 0.2) is 0 Å². The molecule has 62 valence electrons. The second-order valence-corrected chi connectivity index (χ2v) is 2.48. The maximum atomic E-state index is 8.71. The Balaban J connectivity index is 2.56. The summed E-state index contributed by atoms with van der Waals surface area (Å²) in [6.45, 7) is 0.213. The fourth-order valence-corrected chi connectivity index (χ4v) is 1.15. The molecule has 0 saturated heterocycles. The lowest BCUT2D eigenvalue weighted by atomic mass is 10.1. The summed E-state index contributed by atoms with van der Waals surface area (Å²) in [6.07, 6.45) is 2.63. The fraction of sp³-hybridized carbons (Fsp3) is 0.500. The van der Waals surface area contributed by atoms with Gasteiger partial charge in [0, 0.05) is 24.5 Å². The molecule has 0 aliphatic heterocycles. The summed E-state index contributed by atoms with van der Waals surface area (Å²) in [5.74, 6) is 0. The fourth-order valence-electron chi connectivity index (χ4n) is 1.15. The van der Waals surface area contributed by atoms with Crippen molar-refractivity contribution in [1.82, 2.24) is 10.3 Å². The van der Waals surface area contributed by atoms with Crippen LogP contribution >= 0.6 is 0 Å². The molecule has 0 spiro atoms. The van der Waals surface area contributed by atoms with Crippen LogP contribution in [0.3, 0.4) is 0 Å². The van der Waals surface area contributed by atoms with E-state index in [2.05, 4.69) is 10.3 Å². The maximum Gasteiger partial charge on any atom is 0.0492 e. The van der Waals surface area contributed by atoms with Gasteiger partial charge in [0.25, 0.3) is 0 Å². The van der Waals surface area contributed by atoms with Gasteiger partial charge < -0.3 is 15.4 Å². The van der Waals surface area contributed by atoms with Crippen molar-refractivity contribution in [3.63, 3.8) is 0 Å². The molecule has 3 heteroatoms. The highest BCUT2D eigenvalue weighted by molar-refractivity contribution is 5.08. The highest BCUT2D eigenvalue weighted by Crippen LogP contribution is 2.12. The van der Waals surface area contributed by atoms with Crippen molar-refractivity contribution in [3.05, 3.63) is 24.0 Å². The standard InChI is InChI=1S/C8H14N2O/c1-9-7(4-6-11)8-3-2-5-10-8/h2-3,5,7,9-11H,4,6H2,1H3. The molecule has 1 heterocycles. The van der Waals surface area contributed by atoms with E-state index < -0.39 is 0 Å². The molecule has 0 aromatic carbocycles. The Morgan fingerprint density at radius 1 is 1.73 bits per heavy atom. The van der Waals surface area contributed by atoms with Crippen molar-refractivity contribution in [1.29, 1.82) is 0 Å². The molecule has 1 aromatic heterocycles. The van der Waals surface area contributed by atoms with Crippen molar-refractivity contribution < 1.29 is 5.11 Å². The van der Waals surface area contributed by atoms with Crippen LogP contribution in [0, 0.1) is 0 Å². The molecular weight excluding hydrogens is 140 g/mol. The van der Waals surface area contributed by atoms with E-state index in [9.17, 15) is 0 Å². The molecule has 0 aliphatic rings. The molecule has 0 bridgehead atoms. The normalized spacial score (nSPS) is 13.3. The lowest BCUT2D eigenvalue weighted by molar-refractivity contribution is 0.268. The molecule has 1 rings (SSSR count). The van der Waals surface area contributed by atoms with Crippen LogP contribution < -0.4 is 5.32 Å². The van der Waals surface area contributed by atoms with Gasteiger partial charge in [0.05, 0.1) is 0 Å². The van der Waals surface area contributed by atoms with Crippen LogP contribution in [0.25, 0.3) is 0 Å². The molecule has 3 nitrogen and oxygen atoms in total. The first-order valence-electron chi connectivity index (χ1n) is 3.80. The van der Waals surface area contributed by atoms with E-state index in [1.165, 1.54) is 0 Å². The summed E-state index contributed by atoms with van der Waals surface area (Å²) >= 11 is 0. The number of hydrogen-bond donors (Lipinski definition) is 3. The third-order valence-electron chi connectivity index (χ3n) is 1.76. The second-order valence-electron chi connectivity index (χ2n) is 2.48. The number of aromatic amines is 1. The van der Waals surface area contributed by atoms with E-state index in [1.807, 2.05) is 25.4 Å². The first kappa shape index (κ1) is 8.30. The van der Waals surface area contributed by atoms with Gasteiger partial charge in [0.1, 0.15) is 0 Å². The van der Waals surface area contributed by atoms with Crippen molar-refractivity contribution in [2.75, 3.05) is 13.7 Å². The third-order valence-corrected chi connectivity index (χ3v) is 1.76. The van der Waals surface area contributed by atoms with Crippen LogP contribution in [0.5, 0.6) is 0 Å². The van der Waals surface area contributed by atoms with Crippen LogP contribution in [0.4, 0.5) is 0 Å². The van der Waals surface area contributed by atoms with E-state index in [-0.39, 0.29) is 12.6 Å². The van der Waals surface area contributed by atoms with Crippen LogP contribution in [0.2, 0.25) is 0 Å². The predicted molar refractivity (Wildman–Crippen MR) is 44.3 cm³/mol. The Labute approximate surface area is 66.4 Å². The van der Waals surface area contributed by atoms with Crippen LogP contribution in [0.15, 0.2) is 18.3 Å². The Kier molecular flexibility index (Phi) is 3.14. The number of aromatic nitrogens is 1. The molecule has 0 saturated carbocycles. The smallest absolute Gasteiger partial charge is 0.0492 e. The van der Waals surface area contributed by atoms with E-state index in [4.69, 9.17) is 5.11 Å². The summed E-state index contributed by atoms with van der Waals surface area (Å²) in [7, 11) is 1.89. The van der Waals surface area contributed by atoms with Gasteiger partial charge in [-0.05, 0) is 25.6 Å². The highest BCUT2D eigenvalue weighted by Gasteiger charge is 2.07. The first-order chi connectivity index (χ1) is 5.38. The summed E-state index contributed by atoms with van der Waals surface area (Å²) < 4.78 is 0. The van der Waals surface area contributed by atoms with Gasteiger partial charge in [-0.1, -0.05) is 0 Å². The number of aliphatic hydroxyl groups is 1. The zero-order chi connectivity index (χ0) is 8.10. The van der Waals surface area contributed by atoms with Crippen molar-refractivity contribution in [3.8, 4) is 0 Å². The third kappa shape index (κ3) is 2.06. The lowest BCUT2D eigenvalue weighted by Crippen LogP contribution is -2.17.